The highest BCUT2D eigenvalue weighted by Gasteiger charge is 2.13. The quantitative estimate of drug-likeness (QED) is 0.874. The highest BCUT2D eigenvalue weighted by atomic mass is 79.9. The van der Waals surface area contributed by atoms with E-state index in [1.807, 2.05) is 11.7 Å². The zero-order chi connectivity index (χ0) is 11.7. The summed E-state index contributed by atoms with van der Waals surface area (Å²) in [5, 5.41) is 9.23. The molecule has 4 nitrogen and oxygen atoms in total. The number of rotatable bonds is 3. The molecular formula is C10H12BrClN4. The number of nitrogens with zero attached hydrogens (tertiary/aromatic N) is 4. The van der Waals surface area contributed by atoms with Crippen molar-refractivity contribution in [3.63, 3.8) is 0 Å². The van der Waals surface area contributed by atoms with E-state index in [1.54, 1.807) is 17.1 Å². The van der Waals surface area contributed by atoms with Gasteiger partial charge < -0.3 is 0 Å². The fraction of sp³-hybridized carbons (Fsp3) is 0.400. The van der Waals surface area contributed by atoms with Crippen LogP contribution in [0.4, 0.5) is 0 Å². The second-order valence-electron chi connectivity index (χ2n) is 3.54. The standard InChI is InChI=1S/C10H12BrClN4/c1-3-8-10(11)9(15(2)14-8)6-16-5-7(12)4-13-16/h4-5H,3,6H2,1-2H3. The minimum absolute atomic E-state index is 0.647. The van der Waals surface area contributed by atoms with Crippen LogP contribution in [0.5, 0.6) is 0 Å². The Kier molecular flexibility index (Phi) is 3.35. The molecule has 0 fully saturated rings. The first kappa shape index (κ1) is 11.7. The zero-order valence-corrected chi connectivity index (χ0v) is 11.5. The molecule has 16 heavy (non-hydrogen) atoms. The number of aromatic nitrogens is 4. The highest BCUT2D eigenvalue weighted by molar-refractivity contribution is 9.10. The molecule has 0 saturated heterocycles. The van der Waals surface area contributed by atoms with Crippen LogP contribution >= 0.6 is 27.5 Å². The molecule has 0 amide bonds. The van der Waals surface area contributed by atoms with E-state index in [0.717, 1.165) is 22.3 Å². The van der Waals surface area contributed by atoms with Crippen LogP contribution in [-0.2, 0) is 20.0 Å². The molecule has 0 aliphatic heterocycles. The van der Waals surface area contributed by atoms with Crippen LogP contribution in [0.25, 0.3) is 0 Å². The van der Waals surface area contributed by atoms with Gasteiger partial charge in [-0.15, -0.1) is 0 Å². The van der Waals surface area contributed by atoms with E-state index in [1.165, 1.54) is 0 Å². The fourth-order valence-corrected chi connectivity index (χ4v) is 2.47. The molecule has 6 heteroatoms. The van der Waals surface area contributed by atoms with Crippen molar-refractivity contribution in [2.24, 2.45) is 7.05 Å². The van der Waals surface area contributed by atoms with Crippen molar-refractivity contribution in [1.82, 2.24) is 19.6 Å². The largest absolute Gasteiger partial charge is 0.269 e. The molecule has 2 heterocycles. The molecule has 0 atom stereocenters. The molecule has 86 valence electrons. The summed E-state index contributed by atoms with van der Waals surface area (Å²) in [5.41, 5.74) is 2.16. The van der Waals surface area contributed by atoms with Gasteiger partial charge in [0.1, 0.15) is 0 Å². The summed E-state index contributed by atoms with van der Waals surface area (Å²) < 4.78 is 4.73. The lowest BCUT2D eigenvalue weighted by Crippen LogP contribution is -2.06. The number of hydrogen-bond acceptors (Lipinski definition) is 2. The van der Waals surface area contributed by atoms with Crippen molar-refractivity contribution in [2.45, 2.75) is 19.9 Å². The van der Waals surface area contributed by atoms with Crippen LogP contribution in [0.1, 0.15) is 18.3 Å². The maximum absolute atomic E-state index is 5.82. The summed E-state index contributed by atoms with van der Waals surface area (Å²) >= 11 is 9.39. The predicted octanol–water partition coefficient (Wildman–Crippen LogP) is 2.64. The zero-order valence-electron chi connectivity index (χ0n) is 9.11. The molecule has 0 spiro atoms. The van der Waals surface area contributed by atoms with Crippen molar-refractivity contribution in [3.8, 4) is 0 Å². The van der Waals surface area contributed by atoms with Crippen LogP contribution in [0, 0.1) is 0 Å². The van der Waals surface area contributed by atoms with Crippen molar-refractivity contribution >= 4 is 27.5 Å². The fourth-order valence-electron chi connectivity index (χ4n) is 1.57. The molecule has 2 aromatic heterocycles. The maximum atomic E-state index is 5.82. The summed E-state index contributed by atoms with van der Waals surface area (Å²) in [6.45, 7) is 2.75. The lowest BCUT2D eigenvalue weighted by molar-refractivity contribution is 0.616. The minimum Gasteiger partial charge on any atom is -0.269 e. The van der Waals surface area contributed by atoms with E-state index in [0.29, 0.717) is 11.6 Å². The van der Waals surface area contributed by atoms with Crippen LogP contribution < -0.4 is 0 Å². The Morgan fingerprint density at radius 3 is 2.75 bits per heavy atom. The first-order valence-corrected chi connectivity index (χ1v) is 6.17. The van der Waals surface area contributed by atoms with Gasteiger partial charge in [-0.1, -0.05) is 18.5 Å². The SMILES string of the molecule is CCc1nn(C)c(Cn2cc(Cl)cn2)c1Br. The Labute approximate surface area is 107 Å². The van der Waals surface area contributed by atoms with Gasteiger partial charge in [-0.2, -0.15) is 10.2 Å². The Bertz CT molecular complexity index is 503. The van der Waals surface area contributed by atoms with E-state index in [4.69, 9.17) is 11.6 Å². The average molecular weight is 304 g/mol. The second-order valence-corrected chi connectivity index (χ2v) is 4.77. The average Bonchev–Trinajstić information content (AvgIpc) is 2.77. The van der Waals surface area contributed by atoms with E-state index < -0.39 is 0 Å². The lowest BCUT2D eigenvalue weighted by Gasteiger charge is -2.02. The van der Waals surface area contributed by atoms with E-state index >= 15 is 0 Å². The summed E-state index contributed by atoms with van der Waals surface area (Å²) in [6, 6.07) is 0. The first-order chi connectivity index (χ1) is 7.61. The van der Waals surface area contributed by atoms with Gasteiger partial charge in [0.25, 0.3) is 0 Å². The normalized spacial score (nSPS) is 11.0. The molecule has 2 aromatic rings. The third kappa shape index (κ3) is 2.15. The molecule has 0 bridgehead atoms. The van der Waals surface area contributed by atoms with Gasteiger partial charge in [0.2, 0.25) is 0 Å². The summed E-state index contributed by atoms with van der Waals surface area (Å²) in [7, 11) is 1.93. The summed E-state index contributed by atoms with van der Waals surface area (Å²) in [6.07, 6.45) is 4.34. The first-order valence-electron chi connectivity index (χ1n) is 5.00. The van der Waals surface area contributed by atoms with Crippen molar-refractivity contribution in [3.05, 3.63) is 33.3 Å². The third-order valence-electron chi connectivity index (χ3n) is 2.42. The van der Waals surface area contributed by atoms with Crippen LogP contribution in [0.2, 0.25) is 5.02 Å². The van der Waals surface area contributed by atoms with Gasteiger partial charge in [-0.3, -0.25) is 9.36 Å². The van der Waals surface area contributed by atoms with Gasteiger partial charge in [0, 0.05) is 13.2 Å². The lowest BCUT2D eigenvalue weighted by atomic mass is 10.3. The van der Waals surface area contributed by atoms with Gasteiger partial charge in [-0.25, -0.2) is 0 Å². The van der Waals surface area contributed by atoms with E-state index in [9.17, 15) is 0 Å². The Balaban J connectivity index is 2.30. The molecule has 0 radical (unpaired) electrons. The highest BCUT2D eigenvalue weighted by Crippen LogP contribution is 2.22. The van der Waals surface area contributed by atoms with Crippen molar-refractivity contribution in [1.29, 1.82) is 0 Å². The van der Waals surface area contributed by atoms with Crippen molar-refractivity contribution in [2.75, 3.05) is 0 Å². The van der Waals surface area contributed by atoms with Crippen LogP contribution in [-0.4, -0.2) is 19.6 Å². The Morgan fingerprint density at radius 1 is 1.50 bits per heavy atom. The van der Waals surface area contributed by atoms with Crippen LogP contribution in [0.3, 0.4) is 0 Å². The monoisotopic (exact) mass is 302 g/mol. The molecular weight excluding hydrogens is 291 g/mol. The molecule has 0 unspecified atom stereocenters. The Hall–Kier alpha value is -0.810. The van der Waals surface area contributed by atoms with Gasteiger partial charge in [0.15, 0.2) is 0 Å². The molecule has 0 aliphatic carbocycles. The summed E-state index contributed by atoms with van der Waals surface area (Å²) in [5.74, 6) is 0. The third-order valence-corrected chi connectivity index (χ3v) is 3.53. The molecule has 0 aliphatic rings. The molecule has 0 N–H and O–H groups in total. The van der Waals surface area contributed by atoms with Crippen molar-refractivity contribution < 1.29 is 0 Å². The van der Waals surface area contributed by atoms with Gasteiger partial charge in [0.05, 0.1) is 33.6 Å². The minimum atomic E-state index is 0.647. The summed E-state index contributed by atoms with van der Waals surface area (Å²) in [4.78, 5) is 0. The molecule has 2 rings (SSSR count). The number of hydrogen-bond donors (Lipinski definition) is 0. The maximum Gasteiger partial charge on any atom is 0.0840 e. The molecule has 0 aromatic carbocycles. The molecule has 0 saturated carbocycles. The topological polar surface area (TPSA) is 35.6 Å². The van der Waals surface area contributed by atoms with Gasteiger partial charge >= 0.3 is 0 Å². The van der Waals surface area contributed by atoms with E-state index in [-0.39, 0.29) is 0 Å². The number of aryl methyl sites for hydroxylation is 2. The van der Waals surface area contributed by atoms with Gasteiger partial charge in [-0.05, 0) is 22.4 Å². The predicted molar refractivity (Wildman–Crippen MR) is 66.6 cm³/mol. The Morgan fingerprint density at radius 2 is 2.25 bits per heavy atom. The van der Waals surface area contributed by atoms with Crippen LogP contribution in [0.15, 0.2) is 16.9 Å². The smallest absolute Gasteiger partial charge is 0.0840 e. The second kappa shape index (κ2) is 4.59. The van der Waals surface area contributed by atoms with E-state index in [2.05, 4.69) is 33.1 Å². The number of halogens is 2.